The van der Waals surface area contributed by atoms with Crippen molar-refractivity contribution in [2.24, 2.45) is 5.14 Å². The Hall–Kier alpha value is -2.65. The van der Waals surface area contributed by atoms with Crippen LogP contribution in [0.15, 0.2) is 77.7 Å². The summed E-state index contributed by atoms with van der Waals surface area (Å²) < 4.78 is 51.9. The van der Waals surface area contributed by atoms with E-state index in [2.05, 4.69) is 0 Å². The second-order valence-electron chi connectivity index (χ2n) is 7.75. The molecule has 5 rings (SSSR count). The summed E-state index contributed by atoms with van der Waals surface area (Å²) in [5.41, 5.74) is 0.739. The van der Waals surface area contributed by atoms with Gasteiger partial charge >= 0.3 is 0 Å². The molecule has 2 heterocycles. The van der Waals surface area contributed by atoms with Crippen LogP contribution < -0.4 is 14.6 Å². The van der Waals surface area contributed by atoms with Gasteiger partial charge in [-0.25, -0.2) is 17.9 Å². The van der Waals surface area contributed by atoms with Gasteiger partial charge in [0.15, 0.2) is 17.7 Å². The molecule has 3 aromatic carbocycles. The highest BCUT2D eigenvalue weighted by Gasteiger charge is 2.39. The van der Waals surface area contributed by atoms with Crippen LogP contribution in [0, 0.1) is 0 Å². The molecule has 5 nitrogen and oxygen atoms in total. The monoisotopic (exact) mass is 503 g/mol. The minimum atomic E-state index is -3.94. The fraction of sp³-hybridized carbons (Fsp3) is 0.167. The van der Waals surface area contributed by atoms with E-state index in [4.69, 9.17) is 26.2 Å². The summed E-state index contributed by atoms with van der Waals surface area (Å²) in [5, 5.41) is 6.78. The Kier molecular flexibility index (Phi) is 5.78. The lowest BCUT2D eigenvalue weighted by Gasteiger charge is -2.28. The van der Waals surface area contributed by atoms with Crippen molar-refractivity contribution in [2.45, 2.75) is 23.1 Å². The Labute approximate surface area is 199 Å². The minimum Gasteiger partial charge on any atom is -0.486 e. The van der Waals surface area contributed by atoms with Crippen molar-refractivity contribution >= 4 is 43.0 Å². The Morgan fingerprint density at radius 3 is 2.55 bits per heavy atom. The lowest BCUT2D eigenvalue weighted by molar-refractivity contribution is 0.0757. The number of hydrogen-bond acceptors (Lipinski definition) is 5. The smallest absolute Gasteiger partial charge is 0.238 e. The van der Waals surface area contributed by atoms with Crippen molar-refractivity contribution in [3.63, 3.8) is 0 Å². The van der Waals surface area contributed by atoms with E-state index in [1.54, 1.807) is 17.4 Å². The molecule has 0 aliphatic carbocycles. The van der Waals surface area contributed by atoms with Crippen LogP contribution in [0.25, 0.3) is 10.1 Å². The number of thiophene rings is 1. The summed E-state index contributed by atoms with van der Waals surface area (Å²) >= 11 is 8.12. The van der Waals surface area contributed by atoms with E-state index in [0.717, 1.165) is 20.5 Å². The van der Waals surface area contributed by atoms with Gasteiger partial charge in [-0.3, -0.25) is 0 Å². The van der Waals surface area contributed by atoms with Crippen LogP contribution in [0.2, 0.25) is 5.02 Å². The lowest BCUT2D eigenvalue weighted by Crippen LogP contribution is -2.37. The first-order valence-electron chi connectivity index (χ1n) is 10.1. The van der Waals surface area contributed by atoms with E-state index in [1.807, 2.05) is 48.5 Å². The van der Waals surface area contributed by atoms with Crippen molar-refractivity contribution < 1.29 is 22.3 Å². The molecule has 4 aromatic rings. The number of primary sulfonamides is 1. The molecule has 0 saturated heterocycles. The SMILES string of the molecule is NS(=O)(=O)c1ccc2c(c1)OCC(F)C([C@H](c1cc3ccccc3s1)c1ccccc1Cl)O2. The summed E-state index contributed by atoms with van der Waals surface area (Å²) in [4.78, 5) is 0.771. The zero-order chi connectivity index (χ0) is 23.2. The third-order valence-electron chi connectivity index (χ3n) is 5.58. The Morgan fingerprint density at radius 1 is 1.03 bits per heavy atom. The van der Waals surface area contributed by atoms with Gasteiger partial charge in [-0.05, 0) is 41.3 Å². The van der Waals surface area contributed by atoms with Crippen LogP contribution in [0.4, 0.5) is 4.39 Å². The molecule has 170 valence electrons. The number of benzene rings is 3. The van der Waals surface area contributed by atoms with Crippen LogP contribution in [0.1, 0.15) is 16.4 Å². The van der Waals surface area contributed by atoms with Gasteiger partial charge in [0, 0.05) is 20.7 Å². The molecule has 2 unspecified atom stereocenters. The Morgan fingerprint density at radius 2 is 1.79 bits per heavy atom. The van der Waals surface area contributed by atoms with Gasteiger partial charge in [0.05, 0.1) is 10.8 Å². The molecule has 0 fully saturated rings. The van der Waals surface area contributed by atoms with Crippen molar-refractivity contribution in [2.75, 3.05) is 6.61 Å². The van der Waals surface area contributed by atoms with Crippen molar-refractivity contribution in [3.05, 3.63) is 88.3 Å². The normalized spacial score (nSPS) is 19.2. The second kappa shape index (κ2) is 8.61. The molecule has 3 atom stereocenters. The highest BCUT2D eigenvalue weighted by molar-refractivity contribution is 7.89. The highest BCUT2D eigenvalue weighted by atomic mass is 35.5. The third-order valence-corrected chi connectivity index (χ3v) is 8.04. The predicted octanol–water partition coefficient (Wildman–Crippen LogP) is 5.51. The summed E-state index contributed by atoms with van der Waals surface area (Å²) in [7, 11) is -3.94. The molecule has 0 radical (unpaired) electrons. The molecule has 0 bridgehead atoms. The van der Waals surface area contributed by atoms with Crippen LogP contribution in [-0.4, -0.2) is 27.3 Å². The van der Waals surface area contributed by atoms with Crippen LogP contribution >= 0.6 is 22.9 Å². The summed E-state index contributed by atoms with van der Waals surface area (Å²) in [6.45, 7) is -0.308. The Balaban J connectivity index is 1.63. The first-order chi connectivity index (χ1) is 15.8. The standard InChI is InChI=1S/C24H19ClFNO4S2/c25-17-7-3-2-6-16(17)23(22-11-14-5-1-4-8-21(14)32-22)24-18(26)13-30-20-12-15(33(27,28)29)9-10-19(20)31-24/h1-12,18,23-24H,13H2,(H2,27,28,29)/t18?,23-,24?/m0/s1. The lowest BCUT2D eigenvalue weighted by atomic mass is 9.89. The maximum atomic E-state index is 15.6. The predicted molar refractivity (Wildman–Crippen MR) is 128 cm³/mol. The van der Waals surface area contributed by atoms with Gasteiger partial charge in [0.2, 0.25) is 10.0 Å². The topological polar surface area (TPSA) is 78.6 Å². The number of fused-ring (bicyclic) bond motifs is 2. The molecule has 9 heteroatoms. The van der Waals surface area contributed by atoms with Crippen molar-refractivity contribution in [3.8, 4) is 11.5 Å². The van der Waals surface area contributed by atoms with Crippen LogP contribution in [0.5, 0.6) is 11.5 Å². The molecular weight excluding hydrogens is 485 g/mol. The van der Waals surface area contributed by atoms with Gasteiger partial charge in [-0.1, -0.05) is 48.0 Å². The van der Waals surface area contributed by atoms with Crippen LogP contribution in [-0.2, 0) is 10.0 Å². The quantitative estimate of drug-likeness (QED) is 0.398. The zero-order valence-corrected chi connectivity index (χ0v) is 19.5. The number of nitrogens with two attached hydrogens (primary N) is 1. The van der Waals surface area contributed by atoms with Gasteiger partial charge < -0.3 is 9.47 Å². The zero-order valence-electron chi connectivity index (χ0n) is 17.2. The first kappa shape index (κ1) is 22.2. The summed E-state index contributed by atoms with van der Waals surface area (Å²) in [6, 6.07) is 21.3. The molecule has 33 heavy (non-hydrogen) atoms. The number of alkyl halides is 1. The molecule has 0 saturated carbocycles. The van der Waals surface area contributed by atoms with Crippen LogP contribution in [0.3, 0.4) is 0 Å². The fourth-order valence-corrected chi connectivity index (χ4v) is 6.01. The highest BCUT2D eigenvalue weighted by Crippen LogP contribution is 2.44. The van der Waals surface area contributed by atoms with E-state index >= 15 is 4.39 Å². The fourth-order valence-electron chi connectivity index (χ4n) is 4.01. The van der Waals surface area contributed by atoms with Crippen molar-refractivity contribution in [1.82, 2.24) is 0 Å². The summed E-state index contributed by atoms with van der Waals surface area (Å²) in [6.07, 6.45) is -2.47. The van der Waals surface area contributed by atoms with Gasteiger partial charge in [-0.2, -0.15) is 0 Å². The van der Waals surface area contributed by atoms with E-state index in [-0.39, 0.29) is 23.0 Å². The van der Waals surface area contributed by atoms with Gasteiger partial charge in [-0.15, -0.1) is 11.3 Å². The molecule has 0 amide bonds. The average Bonchev–Trinajstić information content (AvgIpc) is 3.14. The molecular formula is C24H19ClFNO4S2. The van der Waals surface area contributed by atoms with Crippen molar-refractivity contribution in [1.29, 1.82) is 0 Å². The number of hydrogen-bond donors (Lipinski definition) is 1. The number of halogens is 2. The average molecular weight is 504 g/mol. The van der Waals surface area contributed by atoms with Gasteiger partial charge in [0.1, 0.15) is 12.7 Å². The van der Waals surface area contributed by atoms with E-state index in [0.29, 0.717) is 5.02 Å². The second-order valence-corrected chi connectivity index (χ2v) is 10.8. The first-order valence-corrected chi connectivity index (χ1v) is 12.9. The molecule has 2 N–H and O–H groups in total. The molecule has 0 spiro atoms. The number of sulfonamides is 1. The number of rotatable bonds is 4. The largest absolute Gasteiger partial charge is 0.486 e. The summed E-state index contributed by atoms with van der Waals surface area (Å²) in [5.74, 6) is -0.148. The van der Waals surface area contributed by atoms with E-state index in [1.165, 1.54) is 18.2 Å². The Bertz CT molecular complexity index is 1410. The van der Waals surface area contributed by atoms with Gasteiger partial charge in [0.25, 0.3) is 0 Å². The maximum Gasteiger partial charge on any atom is 0.238 e. The maximum absolute atomic E-state index is 15.6. The molecule has 1 aliphatic heterocycles. The molecule has 1 aliphatic rings. The minimum absolute atomic E-state index is 0.126. The molecule has 1 aromatic heterocycles. The van der Waals surface area contributed by atoms with E-state index < -0.39 is 28.2 Å². The van der Waals surface area contributed by atoms with E-state index in [9.17, 15) is 8.42 Å². The third kappa shape index (κ3) is 4.31. The number of ether oxygens (including phenoxy) is 2.